The molecule has 12 heteroatoms. The number of aromatic nitrogens is 2. The molecule has 3 aromatic rings. The molecule has 0 radical (unpaired) electrons. The van der Waals surface area contributed by atoms with E-state index in [-0.39, 0.29) is 17.9 Å². The van der Waals surface area contributed by atoms with Gasteiger partial charge >= 0.3 is 0 Å². The summed E-state index contributed by atoms with van der Waals surface area (Å²) in [4.78, 5) is 13.3. The Morgan fingerprint density at radius 2 is 1.91 bits per heavy atom. The van der Waals surface area contributed by atoms with Crippen LogP contribution in [0.2, 0.25) is 0 Å². The molecule has 6 rings (SSSR count). The highest BCUT2D eigenvalue weighted by atomic mass is 32.1. The van der Waals surface area contributed by atoms with Gasteiger partial charge in [-0.2, -0.15) is 10.4 Å². The van der Waals surface area contributed by atoms with E-state index in [1.54, 1.807) is 22.5 Å². The van der Waals surface area contributed by atoms with Crippen molar-refractivity contribution in [2.75, 3.05) is 43.8 Å². The van der Waals surface area contributed by atoms with Crippen LogP contribution in [0.5, 0.6) is 0 Å². The summed E-state index contributed by atoms with van der Waals surface area (Å²) < 4.78 is 5.57. The average Bonchev–Trinajstić information content (AvgIpc) is 3.69. The lowest BCUT2D eigenvalue weighted by Crippen LogP contribution is -2.40. The van der Waals surface area contributed by atoms with Crippen molar-refractivity contribution in [3.05, 3.63) is 69.3 Å². The Hall–Kier alpha value is -3.60. The number of hydrazine groups is 2. The Balaban J connectivity index is 1.21. The maximum absolute atomic E-state index is 9.99. The Labute approximate surface area is 263 Å². The first-order valence-electron chi connectivity index (χ1n) is 15.5. The minimum atomic E-state index is -0.185. The van der Waals surface area contributed by atoms with E-state index >= 15 is 0 Å². The number of nitrogens with zero attached hydrogens (tertiary/aromatic N) is 7. The molecule has 2 unspecified atom stereocenters. The van der Waals surface area contributed by atoms with Gasteiger partial charge in [0.1, 0.15) is 11.9 Å². The summed E-state index contributed by atoms with van der Waals surface area (Å²) in [6.07, 6.45) is 5.26. The number of benzene rings is 1. The minimum absolute atomic E-state index is 0.132. The van der Waals surface area contributed by atoms with Crippen molar-refractivity contribution < 1.29 is 9.84 Å². The number of aliphatic hydroxyl groups excluding tert-OH is 1. The quantitative estimate of drug-likeness (QED) is 0.319. The van der Waals surface area contributed by atoms with Gasteiger partial charge < -0.3 is 15.2 Å². The van der Waals surface area contributed by atoms with Crippen LogP contribution in [0.1, 0.15) is 78.1 Å². The number of hydrogen-bond donors (Lipinski definition) is 3. The lowest BCUT2D eigenvalue weighted by Gasteiger charge is -2.29. The molecular formula is C32H41N9O2S. The smallest absolute Gasteiger partial charge is 0.185 e. The number of nitrogens with one attached hydrogen (secondary N) is 2. The fraction of sp³-hybridized carbons (Fsp3) is 0.500. The van der Waals surface area contributed by atoms with Gasteiger partial charge in [0, 0.05) is 56.5 Å². The van der Waals surface area contributed by atoms with Crippen LogP contribution in [-0.2, 0) is 11.3 Å². The molecule has 3 aliphatic rings. The van der Waals surface area contributed by atoms with Gasteiger partial charge in [0.05, 0.1) is 40.5 Å². The molecular weight excluding hydrogens is 574 g/mol. The monoisotopic (exact) mass is 615 g/mol. The van der Waals surface area contributed by atoms with Gasteiger partial charge in [-0.1, -0.05) is 26.0 Å². The first kappa shape index (κ1) is 30.4. The highest BCUT2D eigenvalue weighted by Crippen LogP contribution is 2.36. The number of amidine groups is 1. The van der Waals surface area contributed by atoms with Crippen molar-refractivity contribution in [1.29, 1.82) is 5.26 Å². The molecule has 232 valence electrons. The molecule has 1 saturated carbocycles. The van der Waals surface area contributed by atoms with Crippen LogP contribution < -0.4 is 16.0 Å². The predicted octanol–water partition coefficient (Wildman–Crippen LogP) is 4.40. The molecule has 0 bridgehead atoms. The highest BCUT2D eigenvalue weighted by Gasteiger charge is 2.28. The second kappa shape index (κ2) is 13.6. The molecule has 1 saturated heterocycles. The van der Waals surface area contributed by atoms with Crippen LogP contribution >= 0.6 is 11.3 Å². The summed E-state index contributed by atoms with van der Waals surface area (Å²) in [5, 5.41) is 32.5. The van der Waals surface area contributed by atoms with E-state index in [4.69, 9.17) is 19.8 Å². The fourth-order valence-electron chi connectivity index (χ4n) is 5.98. The topological polar surface area (TPSA) is 125 Å². The van der Waals surface area contributed by atoms with Crippen molar-refractivity contribution in [2.45, 2.75) is 70.1 Å². The van der Waals surface area contributed by atoms with Gasteiger partial charge in [-0.05, 0) is 55.5 Å². The van der Waals surface area contributed by atoms with Crippen molar-refractivity contribution in [3.63, 3.8) is 0 Å². The molecule has 2 atom stereocenters. The van der Waals surface area contributed by atoms with Crippen LogP contribution in [-0.4, -0.2) is 76.3 Å². The third kappa shape index (κ3) is 6.87. The van der Waals surface area contributed by atoms with E-state index in [0.717, 1.165) is 85.8 Å². The number of hydrazone groups is 1. The number of pyridine rings is 1. The van der Waals surface area contributed by atoms with Crippen LogP contribution in [0.4, 0.5) is 11.5 Å². The number of aliphatic hydroxyl groups is 1. The van der Waals surface area contributed by atoms with Gasteiger partial charge in [0.15, 0.2) is 5.84 Å². The van der Waals surface area contributed by atoms with E-state index in [0.29, 0.717) is 17.3 Å². The Bertz CT molecular complexity index is 1510. The summed E-state index contributed by atoms with van der Waals surface area (Å²) in [6, 6.07) is 14.4. The Morgan fingerprint density at radius 1 is 1.14 bits per heavy atom. The second-order valence-electron chi connectivity index (χ2n) is 12.0. The minimum Gasteiger partial charge on any atom is -0.393 e. The third-order valence-corrected chi connectivity index (χ3v) is 10.0. The van der Waals surface area contributed by atoms with E-state index in [9.17, 15) is 10.4 Å². The van der Waals surface area contributed by atoms with Crippen molar-refractivity contribution in [1.82, 2.24) is 25.4 Å². The number of anilines is 2. The zero-order chi connectivity index (χ0) is 30.6. The molecule has 2 aliphatic heterocycles. The first-order valence-corrected chi connectivity index (χ1v) is 16.3. The fourth-order valence-corrected chi connectivity index (χ4v) is 7.07. The normalized spacial score (nSPS) is 22.4. The number of hydrogen-bond acceptors (Lipinski definition) is 12. The second-order valence-corrected chi connectivity index (χ2v) is 13.0. The van der Waals surface area contributed by atoms with Gasteiger partial charge in [-0.25, -0.2) is 9.97 Å². The summed E-state index contributed by atoms with van der Waals surface area (Å²) >= 11 is 1.63. The maximum Gasteiger partial charge on any atom is 0.185 e. The lowest BCUT2D eigenvalue weighted by molar-refractivity contribution is 0.0342. The van der Waals surface area contributed by atoms with Crippen LogP contribution in [0.3, 0.4) is 0 Å². The standard InChI is InChI=1S/C32H41N9O2S/c1-21(22(2)32-34-19-29(44-32)31-37-41(38-39(31)3)28-7-5-4-6-24(28)18-33)27-16-23(20-40-12-14-43-15-13-40)17-30(36-27)35-25-8-10-26(42)11-9-25/h4-7,16-17,19,21-22,25-26,38,42H,8-15,20H2,1-3H3,(H,35,36)/t21?,22?,25-,26-. The van der Waals surface area contributed by atoms with Crippen molar-refractivity contribution in [2.24, 2.45) is 5.10 Å². The number of para-hydroxylation sites is 1. The number of rotatable bonds is 9. The van der Waals surface area contributed by atoms with Gasteiger partial charge in [0.2, 0.25) is 0 Å². The van der Waals surface area contributed by atoms with E-state index in [1.165, 1.54) is 5.56 Å². The lowest BCUT2D eigenvalue weighted by atomic mass is 9.91. The van der Waals surface area contributed by atoms with Crippen LogP contribution in [0.15, 0.2) is 47.7 Å². The number of nitriles is 1. The summed E-state index contributed by atoms with van der Waals surface area (Å²) in [5.74, 6) is 1.92. The molecule has 44 heavy (non-hydrogen) atoms. The van der Waals surface area contributed by atoms with Gasteiger partial charge in [-0.3, -0.25) is 9.91 Å². The van der Waals surface area contributed by atoms with Crippen molar-refractivity contribution >= 4 is 28.7 Å². The molecule has 2 fully saturated rings. The zero-order valence-corrected chi connectivity index (χ0v) is 26.4. The molecule has 2 aromatic heterocycles. The highest BCUT2D eigenvalue weighted by molar-refractivity contribution is 7.13. The average molecular weight is 616 g/mol. The van der Waals surface area contributed by atoms with E-state index in [1.807, 2.05) is 36.5 Å². The maximum atomic E-state index is 9.99. The summed E-state index contributed by atoms with van der Waals surface area (Å²) in [5.41, 5.74) is 6.75. The molecule has 1 aliphatic carbocycles. The molecule has 0 amide bonds. The first-order chi connectivity index (χ1) is 21.4. The molecule has 4 heterocycles. The number of morpholine rings is 1. The number of thiazole rings is 1. The van der Waals surface area contributed by atoms with Gasteiger partial charge in [0.25, 0.3) is 0 Å². The summed E-state index contributed by atoms with van der Waals surface area (Å²) in [7, 11) is 1.91. The molecule has 3 N–H and O–H groups in total. The van der Waals surface area contributed by atoms with Crippen LogP contribution in [0, 0.1) is 11.3 Å². The Morgan fingerprint density at radius 3 is 2.68 bits per heavy atom. The number of ether oxygens (including phenoxy) is 1. The molecule has 0 spiro atoms. The zero-order valence-electron chi connectivity index (χ0n) is 25.6. The predicted molar refractivity (Wildman–Crippen MR) is 172 cm³/mol. The molecule has 11 nitrogen and oxygen atoms in total. The summed E-state index contributed by atoms with van der Waals surface area (Å²) in [6.45, 7) is 8.71. The van der Waals surface area contributed by atoms with Crippen molar-refractivity contribution in [3.8, 4) is 6.07 Å². The third-order valence-electron chi connectivity index (χ3n) is 8.82. The van der Waals surface area contributed by atoms with E-state index in [2.05, 4.69) is 47.8 Å². The van der Waals surface area contributed by atoms with Crippen LogP contribution in [0.25, 0.3) is 0 Å². The Kier molecular flexibility index (Phi) is 9.39. The van der Waals surface area contributed by atoms with E-state index < -0.39 is 0 Å². The largest absolute Gasteiger partial charge is 0.393 e. The molecule has 1 aromatic carbocycles. The SMILES string of the molecule is CC(c1cc(CN2CCOCC2)cc(N[C@H]2CC[C@H](O)CC2)n1)C(C)c1ncc(C2=NN(c3ccccc3C#N)NN2C)s1. The van der Waals surface area contributed by atoms with Gasteiger partial charge in [-0.15, -0.1) is 22.0 Å².